The highest BCUT2D eigenvalue weighted by Gasteiger charge is 2.44. The second kappa shape index (κ2) is 5.13. The first-order valence-corrected chi connectivity index (χ1v) is 7.73. The predicted molar refractivity (Wildman–Crippen MR) is 78.8 cm³/mol. The molecule has 1 aliphatic heterocycles. The van der Waals surface area contributed by atoms with Gasteiger partial charge in [0.05, 0.1) is 24.7 Å². The number of allylic oxidation sites excluding steroid dienone is 2. The maximum atomic E-state index is 12.5. The maximum Gasteiger partial charge on any atom is 0.226 e. The van der Waals surface area contributed by atoms with Gasteiger partial charge < -0.3 is 9.64 Å². The Kier molecular flexibility index (Phi) is 3.11. The molecule has 3 unspecified atom stereocenters. The van der Waals surface area contributed by atoms with Crippen LogP contribution in [-0.4, -0.2) is 35.0 Å². The quantitative estimate of drug-likeness (QED) is 0.797. The van der Waals surface area contributed by atoms with E-state index in [0.717, 1.165) is 12.8 Å². The summed E-state index contributed by atoms with van der Waals surface area (Å²) in [6.45, 7) is 1.24. The highest BCUT2D eigenvalue weighted by Crippen LogP contribution is 2.44. The monoisotopic (exact) mass is 295 g/mol. The van der Waals surface area contributed by atoms with Crippen LogP contribution in [0.1, 0.15) is 18.4 Å². The van der Waals surface area contributed by atoms with Gasteiger partial charge in [-0.25, -0.2) is 4.98 Å². The fourth-order valence-corrected chi connectivity index (χ4v) is 3.71. The van der Waals surface area contributed by atoms with Gasteiger partial charge in [-0.15, -0.1) is 0 Å². The molecule has 0 spiro atoms. The van der Waals surface area contributed by atoms with Crippen molar-refractivity contribution in [1.82, 2.24) is 9.88 Å². The van der Waals surface area contributed by atoms with Gasteiger partial charge in [-0.05, 0) is 30.7 Å². The van der Waals surface area contributed by atoms with E-state index in [1.807, 2.05) is 4.90 Å². The van der Waals surface area contributed by atoms with Crippen molar-refractivity contribution in [3.63, 3.8) is 0 Å². The zero-order valence-corrected chi connectivity index (χ0v) is 12.2. The van der Waals surface area contributed by atoms with Crippen molar-refractivity contribution in [2.45, 2.75) is 18.9 Å². The number of nitrogens with zero attached hydrogens (tertiary/aromatic N) is 3. The second-order valence-corrected chi connectivity index (χ2v) is 6.36. The van der Waals surface area contributed by atoms with Crippen molar-refractivity contribution in [3.05, 3.63) is 36.0 Å². The number of hydrogen-bond donors (Lipinski definition) is 0. The number of nitriles is 1. The lowest BCUT2D eigenvalue weighted by atomic mass is 9.91. The van der Waals surface area contributed by atoms with Crippen molar-refractivity contribution in [3.8, 4) is 11.9 Å². The Bertz CT molecular complexity index is 673. The van der Waals surface area contributed by atoms with Gasteiger partial charge in [-0.2, -0.15) is 5.26 Å². The highest BCUT2D eigenvalue weighted by molar-refractivity contribution is 5.81. The molecule has 3 aliphatic rings. The van der Waals surface area contributed by atoms with Crippen molar-refractivity contribution in [2.24, 2.45) is 17.8 Å². The lowest BCUT2D eigenvalue weighted by molar-refractivity contribution is -0.145. The SMILES string of the molecule is N#Cc1ccnc(OC2CN(C(=O)C3CC4C=CC3C4)C2)c1. The summed E-state index contributed by atoms with van der Waals surface area (Å²) in [5, 5.41) is 8.86. The Morgan fingerprint density at radius 2 is 2.23 bits per heavy atom. The van der Waals surface area contributed by atoms with Crippen LogP contribution in [0.2, 0.25) is 0 Å². The first kappa shape index (κ1) is 13.3. The minimum Gasteiger partial charge on any atom is -0.471 e. The van der Waals surface area contributed by atoms with Crippen LogP contribution in [-0.2, 0) is 4.79 Å². The van der Waals surface area contributed by atoms with Gasteiger partial charge in [0.15, 0.2) is 0 Å². The molecule has 2 fully saturated rings. The van der Waals surface area contributed by atoms with E-state index in [9.17, 15) is 4.79 Å². The van der Waals surface area contributed by atoms with Crippen LogP contribution in [0.5, 0.6) is 5.88 Å². The van der Waals surface area contributed by atoms with Gasteiger partial charge in [-0.1, -0.05) is 12.2 Å². The van der Waals surface area contributed by atoms with Gasteiger partial charge in [0.25, 0.3) is 0 Å². The minimum absolute atomic E-state index is 0.0143. The third-order valence-corrected chi connectivity index (χ3v) is 4.91. The molecule has 4 rings (SSSR count). The lowest BCUT2D eigenvalue weighted by Crippen LogP contribution is -2.58. The van der Waals surface area contributed by atoms with Gasteiger partial charge in [0.1, 0.15) is 6.10 Å². The molecule has 1 aromatic heterocycles. The van der Waals surface area contributed by atoms with E-state index in [1.165, 1.54) is 0 Å². The number of fused-ring (bicyclic) bond motifs is 2. The number of pyridine rings is 1. The first-order chi connectivity index (χ1) is 10.7. The molecular weight excluding hydrogens is 278 g/mol. The Balaban J connectivity index is 1.31. The van der Waals surface area contributed by atoms with Gasteiger partial charge in [0, 0.05) is 18.2 Å². The van der Waals surface area contributed by atoms with Crippen LogP contribution < -0.4 is 4.74 Å². The molecule has 1 saturated carbocycles. The number of carbonyl (C=O) groups is 1. The molecule has 2 bridgehead atoms. The molecule has 3 atom stereocenters. The van der Waals surface area contributed by atoms with Crippen molar-refractivity contribution < 1.29 is 9.53 Å². The molecule has 5 nitrogen and oxygen atoms in total. The summed E-state index contributed by atoms with van der Waals surface area (Å²) in [5.41, 5.74) is 0.533. The normalized spacial score (nSPS) is 29.2. The number of aromatic nitrogens is 1. The molecule has 2 aliphatic carbocycles. The Labute approximate surface area is 129 Å². The molecular formula is C17H17N3O2. The van der Waals surface area contributed by atoms with Gasteiger partial charge in [0.2, 0.25) is 11.8 Å². The van der Waals surface area contributed by atoms with Crippen LogP contribution in [0.4, 0.5) is 0 Å². The fourth-order valence-electron chi connectivity index (χ4n) is 3.71. The Hall–Kier alpha value is -2.35. The fraction of sp³-hybridized carbons (Fsp3) is 0.471. The Morgan fingerprint density at radius 1 is 1.36 bits per heavy atom. The van der Waals surface area contributed by atoms with Gasteiger partial charge >= 0.3 is 0 Å². The third-order valence-electron chi connectivity index (χ3n) is 4.91. The summed E-state index contributed by atoms with van der Waals surface area (Å²) >= 11 is 0. The largest absolute Gasteiger partial charge is 0.471 e. The molecule has 0 N–H and O–H groups in total. The van der Waals surface area contributed by atoms with Crippen LogP contribution in [0.25, 0.3) is 0 Å². The van der Waals surface area contributed by atoms with E-state index < -0.39 is 0 Å². The molecule has 22 heavy (non-hydrogen) atoms. The Morgan fingerprint density at radius 3 is 2.91 bits per heavy atom. The summed E-state index contributed by atoms with van der Waals surface area (Å²) < 4.78 is 5.73. The summed E-state index contributed by atoms with van der Waals surface area (Å²) in [6, 6.07) is 5.34. The molecule has 5 heteroatoms. The average Bonchev–Trinajstić information content (AvgIpc) is 3.13. The molecule has 112 valence electrons. The number of ether oxygens (including phenoxy) is 1. The third kappa shape index (κ3) is 2.25. The van der Waals surface area contributed by atoms with Crippen molar-refractivity contribution >= 4 is 5.91 Å². The number of hydrogen-bond acceptors (Lipinski definition) is 4. The highest BCUT2D eigenvalue weighted by atomic mass is 16.5. The smallest absolute Gasteiger partial charge is 0.226 e. The van der Waals surface area contributed by atoms with E-state index in [1.54, 1.807) is 18.3 Å². The topological polar surface area (TPSA) is 66.2 Å². The molecule has 0 aromatic carbocycles. The zero-order valence-electron chi connectivity index (χ0n) is 12.2. The minimum atomic E-state index is -0.0143. The maximum absolute atomic E-state index is 12.5. The summed E-state index contributed by atoms with van der Waals surface area (Å²) in [7, 11) is 0. The average molecular weight is 295 g/mol. The van der Waals surface area contributed by atoms with E-state index in [2.05, 4.69) is 23.2 Å². The summed E-state index contributed by atoms with van der Waals surface area (Å²) in [6.07, 6.45) is 8.17. The molecule has 1 saturated heterocycles. The van der Waals surface area contributed by atoms with Crippen LogP contribution in [0.15, 0.2) is 30.5 Å². The number of carbonyl (C=O) groups excluding carboxylic acids is 1. The number of amides is 1. The van der Waals surface area contributed by atoms with Crippen molar-refractivity contribution in [2.75, 3.05) is 13.1 Å². The zero-order chi connectivity index (χ0) is 15.1. The summed E-state index contributed by atoms with van der Waals surface area (Å²) in [4.78, 5) is 18.5. The molecule has 1 aromatic rings. The van der Waals surface area contributed by atoms with Gasteiger partial charge in [-0.3, -0.25) is 4.79 Å². The summed E-state index contributed by atoms with van der Waals surface area (Å²) in [5.74, 6) is 1.97. The van der Waals surface area contributed by atoms with E-state index in [-0.39, 0.29) is 17.9 Å². The van der Waals surface area contributed by atoms with Crippen LogP contribution in [0.3, 0.4) is 0 Å². The number of likely N-dealkylation sites (tertiary alicyclic amines) is 1. The van der Waals surface area contributed by atoms with E-state index >= 15 is 0 Å². The van der Waals surface area contributed by atoms with E-state index in [0.29, 0.717) is 36.4 Å². The first-order valence-electron chi connectivity index (χ1n) is 7.73. The standard InChI is InChI=1S/C17H17N3O2/c18-8-12-3-4-19-16(7-12)22-14-9-20(10-14)17(21)15-6-11-1-2-13(15)5-11/h1-4,7,11,13-15H,5-6,9-10H2. The van der Waals surface area contributed by atoms with Crippen molar-refractivity contribution in [1.29, 1.82) is 5.26 Å². The van der Waals surface area contributed by atoms with Crippen LogP contribution >= 0.6 is 0 Å². The second-order valence-electron chi connectivity index (χ2n) is 6.36. The lowest BCUT2D eigenvalue weighted by Gasteiger charge is -2.40. The molecule has 1 amide bonds. The molecule has 0 radical (unpaired) electrons. The predicted octanol–water partition coefficient (Wildman–Crippen LogP) is 1.76. The van der Waals surface area contributed by atoms with E-state index in [4.69, 9.17) is 10.00 Å². The van der Waals surface area contributed by atoms with Crippen LogP contribution in [0, 0.1) is 29.1 Å². The number of rotatable bonds is 3. The molecule has 2 heterocycles.